The Morgan fingerprint density at radius 1 is 1.44 bits per heavy atom. The molecule has 0 N–H and O–H groups in total. The number of likely N-dealkylation sites (N-methyl/N-ethyl adjacent to an activating group) is 1. The van der Waals surface area contributed by atoms with Gasteiger partial charge in [0.25, 0.3) is 0 Å². The van der Waals surface area contributed by atoms with Crippen LogP contribution in [0.25, 0.3) is 0 Å². The van der Waals surface area contributed by atoms with E-state index in [9.17, 15) is 4.79 Å². The number of ketones is 1. The van der Waals surface area contributed by atoms with Crippen molar-refractivity contribution < 1.29 is 37.5 Å². The van der Waals surface area contributed by atoms with E-state index < -0.39 is 0 Å². The van der Waals surface area contributed by atoms with Gasteiger partial charge in [0, 0.05) is 5.78 Å². The van der Waals surface area contributed by atoms with E-state index >= 15 is 0 Å². The maximum atomic E-state index is 10.5. The van der Waals surface area contributed by atoms with Crippen molar-refractivity contribution in [2.75, 3.05) is 14.1 Å². The fraction of sp³-hybridized carbons (Fsp3) is 0.667. The fourth-order valence-corrected chi connectivity index (χ4v) is 0.315. The molecule has 0 amide bonds. The summed E-state index contributed by atoms with van der Waals surface area (Å²) in [5.74, 6) is 0.134. The van der Waals surface area contributed by atoms with E-state index in [4.69, 9.17) is 0 Å². The molecule has 9 heavy (non-hydrogen) atoms. The molecular weight excluding hydrogens is 191 g/mol. The van der Waals surface area contributed by atoms with Crippen LogP contribution in [-0.4, -0.2) is 24.8 Å². The molecule has 0 atom stereocenters. The van der Waals surface area contributed by atoms with Crippen LogP contribution in [0.1, 0.15) is 13.8 Å². The van der Waals surface area contributed by atoms with Crippen LogP contribution in [0.4, 0.5) is 0 Å². The second-order valence-corrected chi connectivity index (χ2v) is 2.04. The Morgan fingerprint density at radius 2 is 1.78 bits per heavy atom. The molecule has 0 fully saturated rings. The summed E-state index contributed by atoms with van der Waals surface area (Å²) in [7, 11) is 3.72. The molecule has 0 aromatic carbocycles. The van der Waals surface area contributed by atoms with E-state index in [0.717, 1.165) is 6.04 Å². The molecule has 2 nitrogen and oxygen atoms in total. The number of hydrogen-bond acceptors (Lipinski definition) is 2. The summed E-state index contributed by atoms with van der Waals surface area (Å²) in [5.41, 5.74) is 0. The Labute approximate surface area is 81.9 Å². The maximum Gasteiger partial charge on any atom is 3.00 e. The molecule has 0 aliphatic rings. The Bertz CT molecular complexity index is 93.1. The third kappa shape index (κ3) is 5.07. The Balaban J connectivity index is 0. The Morgan fingerprint density at radius 3 is 1.78 bits per heavy atom. The number of carbonyl (C=O) groups is 1. The molecule has 0 bridgehead atoms. The van der Waals surface area contributed by atoms with Crippen LogP contribution in [0.3, 0.4) is 0 Å². The molecule has 0 spiro atoms. The van der Waals surface area contributed by atoms with Crippen molar-refractivity contribution >= 4 is 5.78 Å². The quantitative estimate of drug-likeness (QED) is 0.615. The first-order chi connectivity index (χ1) is 3.55. The zero-order chi connectivity index (χ0) is 6.73. The number of rotatable bonds is 2. The molecule has 3 heteroatoms. The minimum Gasteiger partial charge on any atom is -0.437 e. The first kappa shape index (κ1) is 12.3. The second kappa shape index (κ2) is 5.39. The summed E-state index contributed by atoms with van der Waals surface area (Å²) in [4.78, 5) is 12.3. The van der Waals surface area contributed by atoms with Crippen molar-refractivity contribution in [1.82, 2.24) is 4.90 Å². The molecule has 0 aromatic rings. The summed E-state index contributed by atoms with van der Waals surface area (Å²) in [6.07, 6.45) is 0. The van der Waals surface area contributed by atoms with Crippen molar-refractivity contribution in [3.8, 4) is 0 Å². The monoisotopic (exact) mass is 203 g/mol. The fourth-order valence-electron chi connectivity index (χ4n) is 0.315. The molecule has 0 rings (SSSR count). The van der Waals surface area contributed by atoms with Crippen LogP contribution in [0, 0.1) is 6.04 Å². The van der Waals surface area contributed by atoms with Gasteiger partial charge in [0.2, 0.25) is 0 Å². The Hall–Kier alpha value is 0.604. The van der Waals surface area contributed by atoms with Gasteiger partial charge in [0.15, 0.2) is 0 Å². The summed E-state index contributed by atoms with van der Waals surface area (Å²) < 4.78 is 0. The van der Waals surface area contributed by atoms with Gasteiger partial charge in [-0.3, -0.25) is 6.04 Å². The van der Waals surface area contributed by atoms with Gasteiger partial charge in [0.05, 0.1) is 0 Å². The molecule has 0 saturated carbocycles. The van der Waals surface area contributed by atoms with Gasteiger partial charge in [-0.25, -0.2) is 0 Å². The number of Topliss-reactive ketones (excluding diaryl/α,β-unsaturated/α-hetero) is 1. The van der Waals surface area contributed by atoms with Gasteiger partial charge in [-0.05, 0) is 21.0 Å². The minimum absolute atomic E-state index is 0. The zero-order valence-corrected chi connectivity index (χ0v) is 9.27. The summed E-state index contributed by atoms with van der Waals surface area (Å²) >= 11 is 0. The molecular formula is C6H12NOY+2. The first-order valence-electron chi connectivity index (χ1n) is 2.57. The average molecular weight is 203 g/mol. The van der Waals surface area contributed by atoms with Crippen molar-refractivity contribution in [1.29, 1.82) is 0 Å². The van der Waals surface area contributed by atoms with Gasteiger partial charge in [-0.1, -0.05) is 0 Å². The van der Waals surface area contributed by atoms with Gasteiger partial charge >= 0.3 is 32.7 Å². The average Bonchev–Trinajstić information content (AvgIpc) is 1.64. The predicted molar refractivity (Wildman–Crippen MR) is 33.3 cm³/mol. The van der Waals surface area contributed by atoms with Crippen LogP contribution in [0.15, 0.2) is 0 Å². The van der Waals surface area contributed by atoms with Crippen molar-refractivity contribution in [2.45, 2.75) is 13.8 Å². The minimum atomic E-state index is 0. The van der Waals surface area contributed by atoms with Gasteiger partial charge in [-0.2, -0.15) is 6.92 Å². The van der Waals surface area contributed by atoms with Gasteiger partial charge < -0.3 is 9.69 Å². The van der Waals surface area contributed by atoms with E-state index in [0.29, 0.717) is 0 Å². The summed E-state index contributed by atoms with van der Waals surface area (Å²) in [6.45, 7) is 3.37. The SMILES string of the molecule is CC(=O)[C-](C)N(C)C.[Y+3]. The molecule has 0 radical (unpaired) electrons. The van der Waals surface area contributed by atoms with E-state index in [-0.39, 0.29) is 38.5 Å². The van der Waals surface area contributed by atoms with Crippen molar-refractivity contribution in [3.63, 3.8) is 0 Å². The van der Waals surface area contributed by atoms with E-state index in [2.05, 4.69) is 0 Å². The standard InChI is InChI=1S/C6H12NO.Y/c1-5(6(2)8)7(3)4;/h1-4H3;/q-1;+3. The molecule has 0 aliphatic carbocycles. The van der Waals surface area contributed by atoms with E-state index in [1.54, 1.807) is 6.92 Å². The zero-order valence-electron chi connectivity index (χ0n) is 6.43. The van der Waals surface area contributed by atoms with Crippen LogP contribution >= 0.6 is 0 Å². The second-order valence-electron chi connectivity index (χ2n) is 2.04. The number of hydrogen-bond donors (Lipinski definition) is 0. The third-order valence-electron chi connectivity index (χ3n) is 1.18. The van der Waals surface area contributed by atoms with Crippen molar-refractivity contribution in [3.05, 3.63) is 6.04 Å². The maximum absolute atomic E-state index is 10.5. The molecule has 0 saturated heterocycles. The van der Waals surface area contributed by atoms with E-state index in [1.807, 2.05) is 25.9 Å². The summed E-state index contributed by atoms with van der Waals surface area (Å²) in [5, 5.41) is 0. The first-order valence-corrected chi connectivity index (χ1v) is 2.57. The van der Waals surface area contributed by atoms with Crippen LogP contribution < -0.4 is 0 Å². The summed E-state index contributed by atoms with van der Waals surface area (Å²) in [6, 6.07) is 0.796. The van der Waals surface area contributed by atoms with E-state index in [1.165, 1.54) is 0 Å². The normalized spacial score (nSPS) is 8.56. The smallest absolute Gasteiger partial charge is 0.437 e. The van der Waals surface area contributed by atoms with Crippen LogP contribution in [0.2, 0.25) is 0 Å². The Kier molecular flexibility index (Phi) is 7.37. The molecule has 0 heterocycles. The van der Waals surface area contributed by atoms with Crippen LogP contribution in [0.5, 0.6) is 0 Å². The molecule has 0 aliphatic heterocycles. The molecule has 0 aromatic heterocycles. The van der Waals surface area contributed by atoms with Gasteiger partial charge in [-0.15, -0.1) is 0 Å². The van der Waals surface area contributed by atoms with Crippen LogP contribution in [-0.2, 0) is 37.5 Å². The topological polar surface area (TPSA) is 20.3 Å². The van der Waals surface area contributed by atoms with Gasteiger partial charge in [0.1, 0.15) is 0 Å². The third-order valence-corrected chi connectivity index (χ3v) is 1.18. The molecule has 0 unspecified atom stereocenters. The van der Waals surface area contributed by atoms with Crippen molar-refractivity contribution in [2.24, 2.45) is 0 Å². The number of carbonyl (C=O) groups excluding carboxylic acids is 1. The largest absolute Gasteiger partial charge is 3.00 e. The molecule has 48 valence electrons. The predicted octanol–water partition coefficient (Wildman–Crippen LogP) is 0.686. The number of nitrogens with zero attached hydrogens (tertiary/aromatic N) is 1.